The Morgan fingerprint density at radius 1 is 1.19 bits per heavy atom. The molecule has 8 heteroatoms. The lowest BCUT2D eigenvalue weighted by molar-refractivity contribution is 0.0759. The Morgan fingerprint density at radius 3 is 2.42 bits per heavy atom. The van der Waals surface area contributed by atoms with E-state index in [0.29, 0.717) is 29.5 Å². The van der Waals surface area contributed by atoms with Crippen molar-refractivity contribution in [3.8, 4) is 0 Å². The van der Waals surface area contributed by atoms with Crippen LogP contribution in [0.25, 0.3) is 0 Å². The molecule has 146 valence electrons. The van der Waals surface area contributed by atoms with Crippen LogP contribution in [0.4, 0.5) is 5.69 Å². The number of nitrogens with zero attached hydrogens (tertiary/aromatic N) is 1. The number of amides is 1. The standard InChI is InChI=1S/C18H27N3O3S.ClH/c1-2-11-25(23,24)20-17-6-4-3-5-16(17)18(22)21-9-7-14-12-19-13-15(14)8-10-21;/h3-6,14-15,19-20H,2,7-13H2,1H3;1H/t14-,15+;. The van der Waals surface area contributed by atoms with Gasteiger partial charge in [-0.15, -0.1) is 12.4 Å². The summed E-state index contributed by atoms with van der Waals surface area (Å²) >= 11 is 0. The number of fused-ring (bicyclic) bond motifs is 1. The zero-order chi connectivity index (χ0) is 17.9. The van der Waals surface area contributed by atoms with Crippen LogP contribution >= 0.6 is 12.4 Å². The summed E-state index contributed by atoms with van der Waals surface area (Å²) in [4.78, 5) is 14.9. The SMILES string of the molecule is CCCS(=O)(=O)Nc1ccccc1C(=O)N1CC[C@@H]2CNC[C@@H]2CC1.Cl. The molecule has 0 aromatic heterocycles. The van der Waals surface area contributed by atoms with Crippen LogP contribution in [0.1, 0.15) is 36.5 Å². The predicted octanol–water partition coefficient (Wildman–Crippen LogP) is 2.33. The Labute approximate surface area is 162 Å². The Morgan fingerprint density at radius 2 is 1.81 bits per heavy atom. The molecule has 6 nitrogen and oxygen atoms in total. The fourth-order valence-electron chi connectivity index (χ4n) is 3.84. The number of carbonyl (C=O) groups excluding carboxylic acids is 1. The molecule has 0 bridgehead atoms. The molecule has 0 radical (unpaired) electrons. The third-order valence-corrected chi connectivity index (χ3v) is 6.68. The predicted molar refractivity (Wildman–Crippen MR) is 106 cm³/mol. The van der Waals surface area contributed by atoms with Gasteiger partial charge in [0, 0.05) is 13.1 Å². The van der Waals surface area contributed by atoms with Crippen LogP contribution < -0.4 is 10.0 Å². The number of halogens is 1. The lowest BCUT2D eigenvalue weighted by atomic mass is 9.92. The summed E-state index contributed by atoms with van der Waals surface area (Å²) in [6, 6.07) is 6.90. The van der Waals surface area contributed by atoms with Gasteiger partial charge in [0.1, 0.15) is 0 Å². The summed E-state index contributed by atoms with van der Waals surface area (Å²) in [6.07, 6.45) is 2.55. The molecular formula is C18H28ClN3O3S. The third kappa shape index (κ3) is 4.90. The van der Waals surface area contributed by atoms with Gasteiger partial charge in [0.05, 0.1) is 17.0 Å². The summed E-state index contributed by atoms with van der Waals surface area (Å²) in [6.45, 7) is 5.37. The second-order valence-corrected chi connectivity index (χ2v) is 8.86. The Balaban J connectivity index is 0.00000243. The van der Waals surface area contributed by atoms with Gasteiger partial charge in [-0.25, -0.2) is 8.42 Å². The number of rotatable bonds is 5. The van der Waals surface area contributed by atoms with Gasteiger partial charge in [-0.1, -0.05) is 19.1 Å². The van der Waals surface area contributed by atoms with Gasteiger partial charge in [0.15, 0.2) is 0 Å². The minimum Gasteiger partial charge on any atom is -0.339 e. The van der Waals surface area contributed by atoms with E-state index in [1.165, 1.54) is 0 Å². The number of para-hydroxylation sites is 1. The molecule has 0 spiro atoms. The van der Waals surface area contributed by atoms with E-state index in [1.807, 2.05) is 11.8 Å². The highest BCUT2D eigenvalue weighted by Crippen LogP contribution is 2.28. The van der Waals surface area contributed by atoms with E-state index in [1.54, 1.807) is 24.3 Å². The zero-order valence-electron chi connectivity index (χ0n) is 15.1. The molecule has 0 aliphatic carbocycles. The molecule has 1 aromatic carbocycles. The molecule has 3 rings (SSSR count). The van der Waals surface area contributed by atoms with E-state index in [4.69, 9.17) is 0 Å². The van der Waals surface area contributed by atoms with Gasteiger partial charge in [-0.05, 0) is 56.3 Å². The first kappa shape index (κ1) is 21.0. The first-order valence-corrected chi connectivity index (χ1v) is 10.7. The zero-order valence-corrected chi connectivity index (χ0v) is 16.7. The van der Waals surface area contributed by atoms with Crippen molar-refractivity contribution >= 4 is 34.0 Å². The summed E-state index contributed by atoms with van der Waals surface area (Å²) < 4.78 is 26.8. The number of carbonyl (C=O) groups is 1. The molecule has 1 aromatic rings. The van der Waals surface area contributed by atoms with Gasteiger partial charge in [0.2, 0.25) is 10.0 Å². The molecule has 1 amide bonds. The number of nitrogens with one attached hydrogen (secondary N) is 2. The van der Waals surface area contributed by atoms with Crippen molar-refractivity contribution in [1.29, 1.82) is 0 Å². The highest BCUT2D eigenvalue weighted by atomic mass is 35.5. The van der Waals surface area contributed by atoms with Crippen LogP contribution in [0.15, 0.2) is 24.3 Å². The number of anilines is 1. The maximum absolute atomic E-state index is 13.0. The fraction of sp³-hybridized carbons (Fsp3) is 0.611. The van der Waals surface area contributed by atoms with E-state index in [-0.39, 0.29) is 24.1 Å². The van der Waals surface area contributed by atoms with E-state index >= 15 is 0 Å². The molecular weight excluding hydrogens is 374 g/mol. The van der Waals surface area contributed by atoms with Crippen molar-refractivity contribution in [3.05, 3.63) is 29.8 Å². The quantitative estimate of drug-likeness (QED) is 0.793. The second kappa shape index (κ2) is 9.06. The number of benzene rings is 1. The normalized spacial score (nSPS) is 22.9. The van der Waals surface area contributed by atoms with Crippen LogP contribution in [0.3, 0.4) is 0 Å². The number of hydrogen-bond acceptors (Lipinski definition) is 4. The van der Waals surface area contributed by atoms with Gasteiger partial charge < -0.3 is 10.2 Å². The van der Waals surface area contributed by atoms with E-state index in [0.717, 1.165) is 39.0 Å². The van der Waals surface area contributed by atoms with Crippen LogP contribution in [0.2, 0.25) is 0 Å². The second-order valence-electron chi connectivity index (χ2n) is 7.01. The molecule has 2 fully saturated rings. The van der Waals surface area contributed by atoms with Crippen molar-refractivity contribution in [2.75, 3.05) is 36.7 Å². The number of likely N-dealkylation sites (tertiary alicyclic amines) is 1. The van der Waals surface area contributed by atoms with E-state index < -0.39 is 10.0 Å². The van der Waals surface area contributed by atoms with Crippen molar-refractivity contribution in [3.63, 3.8) is 0 Å². The van der Waals surface area contributed by atoms with Crippen molar-refractivity contribution in [2.24, 2.45) is 11.8 Å². The molecule has 2 aliphatic rings. The smallest absolute Gasteiger partial charge is 0.255 e. The maximum Gasteiger partial charge on any atom is 0.255 e. The Kier molecular flexibility index (Phi) is 7.32. The Hall–Kier alpha value is -1.31. The minimum atomic E-state index is -3.42. The average molecular weight is 402 g/mol. The molecule has 2 atom stereocenters. The largest absolute Gasteiger partial charge is 0.339 e. The molecule has 2 N–H and O–H groups in total. The highest BCUT2D eigenvalue weighted by molar-refractivity contribution is 7.92. The molecule has 2 aliphatic heterocycles. The third-order valence-electron chi connectivity index (χ3n) is 5.20. The van der Waals surface area contributed by atoms with Crippen LogP contribution in [-0.2, 0) is 10.0 Å². The van der Waals surface area contributed by atoms with Gasteiger partial charge in [-0.3, -0.25) is 9.52 Å². The summed E-state index contributed by atoms with van der Waals surface area (Å²) in [5.74, 6) is 1.27. The lowest BCUT2D eigenvalue weighted by Gasteiger charge is -2.22. The van der Waals surface area contributed by atoms with Crippen LogP contribution in [0.5, 0.6) is 0 Å². The summed E-state index contributed by atoms with van der Waals surface area (Å²) in [5.41, 5.74) is 0.819. The number of hydrogen-bond donors (Lipinski definition) is 2. The monoisotopic (exact) mass is 401 g/mol. The van der Waals surface area contributed by atoms with Gasteiger partial charge in [-0.2, -0.15) is 0 Å². The molecule has 0 saturated carbocycles. The fourth-order valence-corrected chi connectivity index (χ4v) is 4.99. The highest BCUT2D eigenvalue weighted by Gasteiger charge is 2.32. The lowest BCUT2D eigenvalue weighted by Crippen LogP contribution is -2.33. The van der Waals surface area contributed by atoms with E-state index in [9.17, 15) is 13.2 Å². The summed E-state index contributed by atoms with van der Waals surface area (Å²) in [7, 11) is -3.42. The first-order valence-electron chi connectivity index (χ1n) is 9.09. The van der Waals surface area contributed by atoms with Gasteiger partial charge >= 0.3 is 0 Å². The Bertz CT molecular complexity index is 712. The van der Waals surface area contributed by atoms with Crippen molar-refractivity contribution < 1.29 is 13.2 Å². The van der Waals surface area contributed by atoms with Crippen molar-refractivity contribution in [2.45, 2.75) is 26.2 Å². The molecule has 26 heavy (non-hydrogen) atoms. The average Bonchev–Trinajstić information content (AvgIpc) is 2.93. The number of sulfonamides is 1. The summed E-state index contributed by atoms with van der Waals surface area (Å²) in [5, 5.41) is 3.43. The maximum atomic E-state index is 13.0. The van der Waals surface area contributed by atoms with Crippen molar-refractivity contribution in [1.82, 2.24) is 10.2 Å². The molecule has 0 unspecified atom stereocenters. The van der Waals surface area contributed by atoms with Crippen LogP contribution in [-0.4, -0.2) is 51.2 Å². The van der Waals surface area contributed by atoms with E-state index in [2.05, 4.69) is 10.0 Å². The first-order chi connectivity index (χ1) is 12.0. The van der Waals surface area contributed by atoms with Crippen LogP contribution in [0, 0.1) is 11.8 Å². The molecule has 2 heterocycles. The molecule has 2 saturated heterocycles. The minimum absolute atomic E-state index is 0. The van der Waals surface area contributed by atoms with Gasteiger partial charge in [0.25, 0.3) is 5.91 Å². The topological polar surface area (TPSA) is 78.5 Å².